The van der Waals surface area contributed by atoms with Crippen molar-refractivity contribution >= 4 is 23.4 Å². The third-order valence-corrected chi connectivity index (χ3v) is 2.87. The lowest BCUT2D eigenvalue weighted by atomic mass is 10.1. The number of aryl methyl sites for hydroxylation is 2. The van der Waals surface area contributed by atoms with E-state index in [-0.39, 0.29) is 5.69 Å². The number of anilines is 2. The van der Waals surface area contributed by atoms with E-state index in [1.165, 1.54) is 18.3 Å². The number of aromatic carboxylic acids is 1. The average molecular weight is 285 g/mol. The number of rotatable bonds is 3. The Bertz CT molecular complexity index is 681. The van der Waals surface area contributed by atoms with E-state index in [4.69, 9.17) is 5.11 Å². The van der Waals surface area contributed by atoms with Gasteiger partial charge in [0.25, 0.3) is 0 Å². The van der Waals surface area contributed by atoms with Crippen LogP contribution < -0.4 is 10.6 Å². The van der Waals surface area contributed by atoms with Gasteiger partial charge >= 0.3 is 12.0 Å². The molecule has 1 aromatic carbocycles. The largest absolute Gasteiger partial charge is 0.477 e. The van der Waals surface area contributed by atoms with Crippen molar-refractivity contribution < 1.29 is 14.7 Å². The number of carboxylic acids is 1. The Morgan fingerprint density at radius 1 is 1.10 bits per heavy atom. The standard InChI is InChI=1S/C15H15N3O3/c1-9-3-5-12(10(2)7-9)18-15(21)17-11-4-6-13(14(19)20)16-8-11/h3-8H,1-2H3,(H,19,20)(H2,17,18,21). The van der Waals surface area contributed by atoms with Crippen molar-refractivity contribution in [1.82, 2.24) is 4.98 Å². The van der Waals surface area contributed by atoms with Crippen LogP contribution in [0.5, 0.6) is 0 Å². The first kappa shape index (κ1) is 14.5. The molecule has 2 aromatic rings. The number of hydrogen-bond acceptors (Lipinski definition) is 3. The molecule has 2 amide bonds. The Hall–Kier alpha value is -2.89. The van der Waals surface area contributed by atoms with Crippen LogP contribution in [0.2, 0.25) is 0 Å². The van der Waals surface area contributed by atoms with E-state index in [1.807, 2.05) is 32.0 Å². The number of carboxylic acid groups (broad SMARTS) is 1. The number of benzene rings is 1. The summed E-state index contributed by atoms with van der Waals surface area (Å²) in [6.45, 7) is 3.89. The minimum Gasteiger partial charge on any atom is -0.477 e. The highest BCUT2D eigenvalue weighted by atomic mass is 16.4. The van der Waals surface area contributed by atoms with Gasteiger partial charge in [-0.3, -0.25) is 0 Å². The molecule has 0 aliphatic rings. The number of nitrogens with zero attached hydrogens (tertiary/aromatic N) is 1. The fourth-order valence-electron chi connectivity index (χ4n) is 1.83. The Kier molecular flexibility index (Phi) is 4.18. The highest BCUT2D eigenvalue weighted by Gasteiger charge is 2.07. The van der Waals surface area contributed by atoms with Crippen molar-refractivity contribution in [3.05, 3.63) is 53.3 Å². The van der Waals surface area contributed by atoms with Crippen molar-refractivity contribution in [3.8, 4) is 0 Å². The van der Waals surface area contributed by atoms with E-state index in [0.29, 0.717) is 11.4 Å². The lowest BCUT2D eigenvalue weighted by molar-refractivity contribution is 0.0690. The summed E-state index contributed by atoms with van der Waals surface area (Å²) in [6, 6.07) is 8.11. The lowest BCUT2D eigenvalue weighted by Crippen LogP contribution is -2.20. The molecule has 0 atom stereocenters. The molecule has 0 saturated carbocycles. The van der Waals surface area contributed by atoms with Crippen LogP contribution in [0.25, 0.3) is 0 Å². The summed E-state index contributed by atoms with van der Waals surface area (Å²) in [7, 11) is 0. The third-order valence-electron chi connectivity index (χ3n) is 2.87. The number of carbonyl (C=O) groups is 2. The number of amides is 2. The number of urea groups is 1. The number of nitrogens with one attached hydrogen (secondary N) is 2. The van der Waals surface area contributed by atoms with E-state index in [9.17, 15) is 9.59 Å². The quantitative estimate of drug-likeness (QED) is 0.808. The van der Waals surface area contributed by atoms with Gasteiger partial charge in [-0.1, -0.05) is 17.7 Å². The van der Waals surface area contributed by atoms with E-state index in [0.717, 1.165) is 11.1 Å². The maximum atomic E-state index is 11.9. The maximum absolute atomic E-state index is 11.9. The van der Waals surface area contributed by atoms with Crippen LogP contribution in [0.3, 0.4) is 0 Å². The Labute approximate surface area is 121 Å². The van der Waals surface area contributed by atoms with Gasteiger partial charge in [-0.05, 0) is 37.6 Å². The first-order valence-electron chi connectivity index (χ1n) is 6.30. The molecular formula is C15H15N3O3. The summed E-state index contributed by atoms with van der Waals surface area (Å²) >= 11 is 0. The summed E-state index contributed by atoms with van der Waals surface area (Å²) in [4.78, 5) is 26.3. The van der Waals surface area contributed by atoms with Crippen LogP contribution in [-0.4, -0.2) is 22.1 Å². The average Bonchev–Trinajstić information content (AvgIpc) is 2.42. The van der Waals surface area contributed by atoms with Gasteiger partial charge < -0.3 is 15.7 Å². The zero-order valence-electron chi connectivity index (χ0n) is 11.7. The van der Waals surface area contributed by atoms with Gasteiger partial charge in [-0.15, -0.1) is 0 Å². The Morgan fingerprint density at radius 2 is 1.86 bits per heavy atom. The normalized spacial score (nSPS) is 10.0. The molecule has 2 rings (SSSR count). The van der Waals surface area contributed by atoms with Crippen molar-refractivity contribution in [2.75, 3.05) is 10.6 Å². The van der Waals surface area contributed by atoms with Crippen molar-refractivity contribution in [2.24, 2.45) is 0 Å². The molecule has 1 heterocycles. The van der Waals surface area contributed by atoms with Gasteiger partial charge in [0.1, 0.15) is 5.69 Å². The van der Waals surface area contributed by atoms with Gasteiger partial charge in [-0.25, -0.2) is 14.6 Å². The SMILES string of the molecule is Cc1ccc(NC(=O)Nc2ccc(C(=O)O)nc2)c(C)c1. The second-order valence-electron chi connectivity index (χ2n) is 4.63. The predicted octanol–water partition coefficient (Wildman–Crippen LogP) is 3.04. The number of hydrogen-bond donors (Lipinski definition) is 3. The number of pyridine rings is 1. The van der Waals surface area contributed by atoms with Gasteiger partial charge in [0.15, 0.2) is 0 Å². The molecule has 0 bridgehead atoms. The molecule has 0 aliphatic heterocycles. The number of carbonyl (C=O) groups excluding carboxylic acids is 1. The molecule has 21 heavy (non-hydrogen) atoms. The summed E-state index contributed by atoms with van der Waals surface area (Å²) in [5.41, 5.74) is 3.14. The molecule has 1 aromatic heterocycles. The molecule has 0 saturated heterocycles. The fourth-order valence-corrected chi connectivity index (χ4v) is 1.83. The number of aromatic nitrogens is 1. The highest BCUT2D eigenvalue weighted by molar-refractivity contribution is 6.00. The van der Waals surface area contributed by atoms with E-state index < -0.39 is 12.0 Å². The molecule has 0 spiro atoms. The summed E-state index contributed by atoms with van der Waals surface area (Å²) in [5.74, 6) is -1.11. The van der Waals surface area contributed by atoms with Crippen LogP contribution in [-0.2, 0) is 0 Å². The second kappa shape index (κ2) is 6.04. The molecule has 0 aliphatic carbocycles. The van der Waals surface area contributed by atoms with E-state index in [2.05, 4.69) is 15.6 Å². The molecule has 0 fully saturated rings. The predicted molar refractivity (Wildman–Crippen MR) is 79.8 cm³/mol. The van der Waals surface area contributed by atoms with Crippen molar-refractivity contribution in [3.63, 3.8) is 0 Å². The Morgan fingerprint density at radius 3 is 2.43 bits per heavy atom. The maximum Gasteiger partial charge on any atom is 0.354 e. The lowest BCUT2D eigenvalue weighted by Gasteiger charge is -2.10. The van der Waals surface area contributed by atoms with Gasteiger partial charge in [0.2, 0.25) is 0 Å². The van der Waals surface area contributed by atoms with Gasteiger partial charge in [0.05, 0.1) is 11.9 Å². The van der Waals surface area contributed by atoms with Crippen LogP contribution in [0.4, 0.5) is 16.2 Å². The Balaban J connectivity index is 2.02. The van der Waals surface area contributed by atoms with Crippen LogP contribution in [0.1, 0.15) is 21.6 Å². The van der Waals surface area contributed by atoms with Crippen molar-refractivity contribution in [1.29, 1.82) is 0 Å². The molecule has 108 valence electrons. The second-order valence-corrected chi connectivity index (χ2v) is 4.63. The molecule has 0 radical (unpaired) electrons. The fraction of sp³-hybridized carbons (Fsp3) is 0.133. The van der Waals surface area contributed by atoms with E-state index in [1.54, 1.807) is 0 Å². The molecular weight excluding hydrogens is 270 g/mol. The minimum absolute atomic E-state index is 0.0738. The first-order chi connectivity index (χ1) is 9.95. The van der Waals surface area contributed by atoms with E-state index >= 15 is 0 Å². The topological polar surface area (TPSA) is 91.3 Å². The first-order valence-corrected chi connectivity index (χ1v) is 6.30. The van der Waals surface area contributed by atoms with Crippen molar-refractivity contribution in [2.45, 2.75) is 13.8 Å². The van der Waals surface area contributed by atoms with Gasteiger partial charge in [0, 0.05) is 5.69 Å². The highest BCUT2D eigenvalue weighted by Crippen LogP contribution is 2.16. The monoisotopic (exact) mass is 285 g/mol. The molecule has 6 nitrogen and oxygen atoms in total. The molecule has 0 unspecified atom stereocenters. The zero-order chi connectivity index (χ0) is 15.4. The summed E-state index contributed by atoms with van der Waals surface area (Å²) < 4.78 is 0. The zero-order valence-corrected chi connectivity index (χ0v) is 11.7. The summed E-state index contributed by atoms with van der Waals surface area (Å²) in [5, 5.41) is 14.1. The smallest absolute Gasteiger partial charge is 0.354 e. The van der Waals surface area contributed by atoms with Crippen LogP contribution in [0.15, 0.2) is 36.5 Å². The van der Waals surface area contributed by atoms with Gasteiger partial charge in [-0.2, -0.15) is 0 Å². The minimum atomic E-state index is -1.11. The van der Waals surface area contributed by atoms with Crippen LogP contribution in [0, 0.1) is 13.8 Å². The molecule has 6 heteroatoms. The molecule has 3 N–H and O–H groups in total. The third kappa shape index (κ3) is 3.79. The van der Waals surface area contributed by atoms with Crippen LogP contribution >= 0.6 is 0 Å². The summed E-state index contributed by atoms with van der Waals surface area (Å²) in [6.07, 6.45) is 1.30.